The summed E-state index contributed by atoms with van der Waals surface area (Å²) in [5.41, 5.74) is 0.960. The lowest BCUT2D eigenvalue weighted by Crippen LogP contribution is -2.55. The lowest BCUT2D eigenvalue weighted by Gasteiger charge is -2.42. The minimum Gasteiger partial charge on any atom is -0.319 e. The number of hydrogen-bond donors (Lipinski definition) is 1. The number of urea groups is 1. The van der Waals surface area contributed by atoms with Gasteiger partial charge in [-0.25, -0.2) is 9.78 Å². The fourth-order valence-electron chi connectivity index (χ4n) is 4.50. The summed E-state index contributed by atoms with van der Waals surface area (Å²) < 4.78 is 1.68. The van der Waals surface area contributed by atoms with Crippen molar-refractivity contribution >= 4 is 39.9 Å². The molecule has 1 saturated heterocycles. The van der Waals surface area contributed by atoms with Gasteiger partial charge in [0.25, 0.3) is 11.2 Å². The molecule has 0 aliphatic carbocycles. The van der Waals surface area contributed by atoms with E-state index in [1.807, 2.05) is 20.8 Å². The highest BCUT2D eigenvalue weighted by Crippen LogP contribution is 2.25. The van der Waals surface area contributed by atoms with E-state index in [0.717, 1.165) is 0 Å². The Balaban J connectivity index is 1.48. The summed E-state index contributed by atoms with van der Waals surface area (Å²) in [6, 6.07) is 10.4. The van der Waals surface area contributed by atoms with E-state index >= 15 is 0 Å². The molecule has 1 fully saturated rings. The molecule has 184 valence electrons. The Kier molecular flexibility index (Phi) is 7.04. The molecule has 2 aromatic carbocycles. The number of piperazine rings is 1. The molecule has 0 saturated carbocycles. The van der Waals surface area contributed by atoms with Crippen molar-refractivity contribution in [2.24, 2.45) is 0 Å². The molecule has 0 bridgehead atoms. The van der Waals surface area contributed by atoms with Crippen molar-refractivity contribution in [3.05, 3.63) is 73.8 Å². The van der Waals surface area contributed by atoms with E-state index in [-0.39, 0.29) is 29.4 Å². The van der Waals surface area contributed by atoms with E-state index in [1.165, 1.54) is 24.3 Å². The lowest BCUT2D eigenvalue weighted by atomic mass is 10.1. The van der Waals surface area contributed by atoms with Gasteiger partial charge in [0.1, 0.15) is 5.82 Å². The summed E-state index contributed by atoms with van der Waals surface area (Å²) in [7, 11) is 0. The highest BCUT2D eigenvalue weighted by atomic mass is 35.5. The molecule has 1 aliphatic heterocycles. The molecule has 2 heterocycles. The van der Waals surface area contributed by atoms with Crippen LogP contribution in [0.3, 0.4) is 0 Å². The van der Waals surface area contributed by atoms with Crippen LogP contribution in [0.4, 0.5) is 16.2 Å². The van der Waals surface area contributed by atoms with Gasteiger partial charge in [0.05, 0.1) is 21.9 Å². The molecule has 11 heteroatoms. The second-order valence-corrected chi connectivity index (χ2v) is 9.06. The third-order valence-electron chi connectivity index (χ3n) is 6.43. The zero-order valence-corrected chi connectivity index (χ0v) is 20.5. The molecular formula is C24H27ClN6O4. The topological polar surface area (TPSA) is 114 Å². The third kappa shape index (κ3) is 4.98. The summed E-state index contributed by atoms with van der Waals surface area (Å²) in [4.78, 5) is 45.1. The van der Waals surface area contributed by atoms with Crippen molar-refractivity contribution in [3.63, 3.8) is 0 Å². The Morgan fingerprint density at radius 2 is 1.97 bits per heavy atom. The van der Waals surface area contributed by atoms with E-state index in [1.54, 1.807) is 27.7 Å². The van der Waals surface area contributed by atoms with Crippen LogP contribution in [0.1, 0.15) is 32.6 Å². The van der Waals surface area contributed by atoms with E-state index in [0.29, 0.717) is 53.6 Å². The number of nitrogens with zero attached hydrogens (tertiary/aromatic N) is 5. The first-order chi connectivity index (χ1) is 16.7. The van der Waals surface area contributed by atoms with Crippen LogP contribution in [0.15, 0.2) is 47.3 Å². The summed E-state index contributed by atoms with van der Waals surface area (Å²) in [5.74, 6) is 0.684. The fraction of sp³-hybridized carbons (Fsp3) is 0.375. The Hall–Kier alpha value is -3.50. The molecule has 0 radical (unpaired) electrons. The van der Waals surface area contributed by atoms with Gasteiger partial charge in [-0.2, -0.15) is 0 Å². The largest absolute Gasteiger partial charge is 0.322 e. The first-order valence-corrected chi connectivity index (χ1v) is 11.8. The number of benzene rings is 2. The normalized spacial score (nSPS) is 17.4. The second-order valence-electron chi connectivity index (χ2n) is 8.63. The van der Waals surface area contributed by atoms with Gasteiger partial charge < -0.3 is 10.2 Å². The maximum absolute atomic E-state index is 13.1. The minimum atomic E-state index is -0.481. The average Bonchev–Trinajstić information content (AvgIpc) is 2.84. The highest BCUT2D eigenvalue weighted by Gasteiger charge is 2.32. The van der Waals surface area contributed by atoms with E-state index < -0.39 is 4.92 Å². The SMILES string of the molecule is CCn1c(C(C)N2CCN(C(=O)Nc3ccc([N+](=O)[O-])cc3)C(C)C2)nc2ccc(Cl)cc2c1=O. The van der Waals surface area contributed by atoms with Gasteiger partial charge in [0.2, 0.25) is 0 Å². The molecule has 4 rings (SSSR count). The van der Waals surface area contributed by atoms with Gasteiger partial charge >= 0.3 is 6.03 Å². The number of halogens is 1. The highest BCUT2D eigenvalue weighted by molar-refractivity contribution is 6.31. The van der Waals surface area contributed by atoms with E-state index in [9.17, 15) is 19.7 Å². The smallest absolute Gasteiger partial charge is 0.319 e. The number of anilines is 1. The maximum atomic E-state index is 13.1. The average molecular weight is 499 g/mol. The van der Waals surface area contributed by atoms with Crippen LogP contribution < -0.4 is 10.9 Å². The molecular weight excluding hydrogens is 472 g/mol. The third-order valence-corrected chi connectivity index (χ3v) is 6.67. The van der Waals surface area contributed by atoms with Gasteiger partial charge in [-0.3, -0.25) is 24.4 Å². The molecule has 10 nitrogen and oxygen atoms in total. The number of carbonyl (C=O) groups is 1. The zero-order chi connectivity index (χ0) is 25.3. The molecule has 3 aromatic rings. The molecule has 2 unspecified atom stereocenters. The molecule has 0 spiro atoms. The molecule has 1 aromatic heterocycles. The summed E-state index contributed by atoms with van der Waals surface area (Å²) in [6.45, 7) is 8.10. The Labute approximate surface area is 207 Å². The molecule has 1 aliphatic rings. The lowest BCUT2D eigenvalue weighted by molar-refractivity contribution is -0.384. The maximum Gasteiger partial charge on any atom is 0.322 e. The number of amides is 2. The molecule has 35 heavy (non-hydrogen) atoms. The summed E-state index contributed by atoms with van der Waals surface area (Å²) in [5, 5.41) is 14.6. The first kappa shape index (κ1) is 24.6. The van der Waals surface area contributed by atoms with Crippen molar-refractivity contribution in [1.82, 2.24) is 19.4 Å². The number of fused-ring (bicyclic) bond motifs is 1. The number of hydrogen-bond acceptors (Lipinski definition) is 6. The van der Waals surface area contributed by atoms with Crippen LogP contribution in [0.25, 0.3) is 10.9 Å². The van der Waals surface area contributed by atoms with Crippen molar-refractivity contribution in [3.8, 4) is 0 Å². The van der Waals surface area contributed by atoms with Crippen LogP contribution in [-0.4, -0.2) is 56.0 Å². The monoisotopic (exact) mass is 498 g/mol. The summed E-state index contributed by atoms with van der Waals surface area (Å²) in [6.07, 6.45) is 0. The van der Waals surface area contributed by atoms with Crippen molar-refractivity contribution in [2.75, 3.05) is 25.0 Å². The van der Waals surface area contributed by atoms with Crippen LogP contribution in [0, 0.1) is 10.1 Å². The molecule has 1 N–H and O–H groups in total. The van der Waals surface area contributed by atoms with Crippen molar-refractivity contribution < 1.29 is 9.72 Å². The quantitative estimate of drug-likeness (QED) is 0.415. The number of rotatable bonds is 5. The van der Waals surface area contributed by atoms with Crippen LogP contribution in [-0.2, 0) is 6.54 Å². The standard InChI is InChI=1S/C24H27ClN6O4/c1-4-29-22(27-21-10-5-17(25)13-20(21)23(29)32)16(3)28-11-12-30(15(2)14-28)24(33)26-18-6-8-19(9-7-18)31(34)35/h5-10,13,15-16H,4,11-12,14H2,1-3H3,(H,26,33). The van der Waals surface area contributed by atoms with Crippen LogP contribution >= 0.6 is 11.6 Å². The number of carbonyl (C=O) groups excluding carboxylic acids is 1. The molecule has 2 amide bonds. The number of nitro benzene ring substituents is 1. The Morgan fingerprint density at radius 1 is 1.26 bits per heavy atom. The minimum absolute atomic E-state index is 0.0325. The summed E-state index contributed by atoms with van der Waals surface area (Å²) >= 11 is 6.09. The van der Waals surface area contributed by atoms with Gasteiger partial charge in [0.15, 0.2) is 0 Å². The predicted molar refractivity (Wildman–Crippen MR) is 135 cm³/mol. The van der Waals surface area contributed by atoms with Gasteiger partial charge in [-0.1, -0.05) is 11.6 Å². The fourth-order valence-corrected chi connectivity index (χ4v) is 4.67. The van der Waals surface area contributed by atoms with Gasteiger partial charge in [-0.05, 0) is 51.1 Å². The van der Waals surface area contributed by atoms with E-state index in [4.69, 9.17) is 16.6 Å². The predicted octanol–water partition coefficient (Wildman–Crippen LogP) is 4.28. The van der Waals surface area contributed by atoms with Crippen LogP contribution in [0.5, 0.6) is 0 Å². The number of nitro groups is 1. The number of non-ortho nitro benzene ring substituents is 1. The Morgan fingerprint density at radius 3 is 2.60 bits per heavy atom. The first-order valence-electron chi connectivity index (χ1n) is 11.5. The van der Waals surface area contributed by atoms with Gasteiger partial charge in [-0.15, -0.1) is 0 Å². The molecule has 2 atom stereocenters. The number of nitrogens with one attached hydrogen (secondary N) is 1. The van der Waals surface area contributed by atoms with Crippen LogP contribution in [0.2, 0.25) is 5.02 Å². The second kappa shape index (κ2) is 10.0. The Bertz CT molecular complexity index is 1330. The van der Waals surface area contributed by atoms with Crippen molar-refractivity contribution in [2.45, 2.75) is 39.4 Å². The van der Waals surface area contributed by atoms with E-state index in [2.05, 4.69) is 10.2 Å². The zero-order valence-electron chi connectivity index (χ0n) is 19.8. The van der Waals surface area contributed by atoms with Gasteiger partial charge in [0, 0.05) is 55.1 Å². The van der Waals surface area contributed by atoms with Crippen molar-refractivity contribution in [1.29, 1.82) is 0 Å². The number of aromatic nitrogens is 2.